The van der Waals surface area contributed by atoms with Gasteiger partial charge in [0, 0.05) is 18.8 Å². The molecule has 1 aliphatic carbocycles. The Labute approximate surface area is 145 Å². The summed E-state index contributed by atoms with van der Waals surface area (Å²) in [5, 5.41) is 3.52. The Morgan fingerprint density at radius 1 is 1.20 bits per heavy atom. The van der Waals surface area contributed by atoms with Crippen LogP contribution in [0.1, 0.15) is 30.0 Å². The normalized spacial score (nSPS) is 15.0. The van der Waals surface area contributed by atoms with Crippen molar-refractivity contribution in [2.45, 2.75) is 13.3 Å². The minimum atomic E-state index is -0.269. The van der Waals surface area contributed by atoms with Gasteiger partial charge in [-0.1, -0.05) is 11.2 Å². The predicted molar refractivity (Wildman–Crippen MR) is 96.2 cm³/mol. The zero-order valence-corrected chi connectivity index (χ0v) is 13.8. The molecule has 0 N–H and O–H groups in total. The first-order valence-corrected chi connectivity index (χ1v) is 7.92. The SMILES string of the molecule is CC1=C(CCON=CC=O)c2cc(F)ccc2/C1=C\c1ccncc1. The van der Waals surface area contributed by atoms with Crippen molar-refractivity contribution >= 4 is 29.7 Å². The molecular formula is C20H17FN2O2. The highest BCUT2D eigenvalue weighted by Gasteiger charge is 2.24. The maximum Gasteiger partial charge on any atom is 0.164 e. The van der Waals surface area contributed by atoms with Crippen LogP contribution in [0, 0.1) is 5.82 Å². The van der Waals surface area contributed by atoms with Gasteiger partial charge in [-0.2, -0.15) is 0 Å². The number of pyridine rings is 1. The molecule has 0 radical (unpaired) electrons. The third kappa shape index (κ3) is 3.71. The number of nitrogens with zero attached hydrogens (tertiary/aromatic N) is 2. The molecule has 1 aliphatic rings. The molecule has 4 nitrogen and oxygen atoms in total. The molecule has 0 atom stereocenters. The topological polar surface area (TPSA) is 51.5 Å². The summed E-state index contributed by atoms with van der Waals surface area (Å²) in [4.78, 5) is 19.3. The number of aldehydes is 1. The highest BCUT2D eigenvalue weighted by atomic mass is 19.1. The fourth-order valence-electron chi connectivity index (χ4n) is 2.97. The molecule has 2 aromatic rings. The van der Waals surface area contributed by atoms with Gasteiger partial charge in [-0.05, 0) is 70.7 Å². The second-order valence-corrected chi connectivity index (χ2v) is 5.61. The van der Waals surface area contributed by atoms with Gasteiger partial charge in [0.15, 0.2) is 6.29 Å². The highest BCUT2D eigenvalue weighted by molar-refractivity contribution is 6.12. The van der Waals surface area contributed by atoms with Crippen molar-refractivity contribution in [2.24, 2.45) is 5.16 Å². The minimum Gasteiger partial charge on any atom is -0.395 e. The minimum absolute atomic E-state index is 0.269. The van der Waals surface area contributed by atoms with Crippen molar-refractivity contribution in [2.75, 3.05) is 6.61 Å². The van der Waals surface area contributed by atoms with E-state index < -0.39 is 0 Å². The van der Waals surface area contributed by atoms with Gasteiger partial charge >= 0.3 is 0 Å². The smallest absolute Gasteiger partial charge is 0.164 e. The van der Waals surface area contributed by atoms with Gasteiger partial charge in [0.05, 0.1) is 0 Å². The molecule has 0 saturated heterocycles. The summed E-state index contributed by atoms with van der Waals surface area (Å²) in [6.45, 7) is 2.34. The van der Waals surface area contributed by atoms with Crippen LogP contribution in [0.4, 0.5) is 4.39 Å². The molecule has 0 fully saturated rings. The first-order chi connectivity index (χ1) is 12.2. The Morgan fingerprint density at radius 3 is 2.76 bits per heavy atom. The summed E-state index contributed by atoms with van der Waals surface area (Å²) in [7, 11) is 0. The Hall–Kier alpha value is -3.08. The summed E-state index contributed by atoms with van der Waals surface area (Å²) >= 11 is 0. The van der Waals surface area contributed by atoms with Crippen LogP contribution in [-0.4, -0.2) is 24.1 Å². The number of aromatic nitrogens is 1. The summed E-state index contributed by atoms with van der Waals surface area (Å²) in [5.41, 5.74) is 6.08. The number of benzene rings is 1. The van der Waals surface area contributed by atoms with E-state index in [0.717, 1.165) is 39.6 Å². The van der Waals surface area contributed by atoms with Crippen LogP contribution in [0.15, 0.2) is 53.5 Å². The van der Waals surface area contributed by atoms with Crippen molar-refractivity contribution in [3.63, 3.8) is 0 Å². The lowest BCUT2D eigenvalue weighted by molar-refractivity contribution is -0.102. The lowest BCUT2D eigenvalue weighted by atomic mass is 10.0. The molecule has 1 heterocycles. The molecule has 0 aliphatic heterocycles. The summed E-state index contributed by atoms with van der Waals surface area (Å²) in [6.07, 6.45) is 7.74. The lowest BCUT2D eigenvalue weighted by Crippen LogP contribution is -1.93. The van der Waals surface area contributed by atoms with Crippen molar-refractivity contribution in [3.05, 3.63) is 70.8 Å². The Bertz CT molecular complexity index is 871. The second kappa shape index (κ2) is 7.66. The lowest BCUT2D eigenvalue weighted by Gasteiger charge is -2.05. The largest absolute Gasteiger partial charge is 0.395 e. The number of oxime groups is 1. The fourth-order valence-corrected chi connectivity index (χ4v) is 2.97. The number of fused-ring (bicyclic) bond motifs is 1. The van der Waals surface area contributed by atoms with Gasteiger partial charge in [0.1, 0.15) is 18.6 Å². The van der Waals surface area contributed by atoms with Crippen LogP contribution < -0.4 is 0 Å². The molecule has 0 unspecified atom stereocenters. The number of allylic oxidation sites excluding steroid dienone is 2. The van der Waals surface area contributed by atoms with E-state index in [0.29, 0.717) is 19.3 Å². The molecule has 25 heavy (non-hydrogen) atoms. The standard InChI is InChI=1S/C20H17FN2O2/c1-14-17(6-11-25-23-9-10-24)20-13-16(21)2-3-18(20)19(14)12-15-4-7-22-8-5-15/h2-5,7-10,12-13H,6,11H2,1H3/b19-12-,23-9?. The van der Waals surface area contributed by atoms with Gasteiger partial charge in [0.2, 0.25) is 0 Å². The van der Waals surface area contributed by atoms with Gasteiger partial charge in [-0.15, -0.1) is 0 Å². The predicted octanol–water partition coefficient (Wildman–Crippen LogP) is 4.14. The molecule has 5 heteroatoms. The van der Waals surface area contributed by atoms with E-state index in [9.17, 15) is 9.18 Å². The number of hydrogen-bond donors (Lipinski definition) is 0. The first kappa shape index (κ1) is 16.8. The number of hydrogen-bond acceptors (Lipinski definition) is 4. The van der Waals surface area contributed by atoms with E-state index in [4.69, 9.17) is 4.84 Å². The molecule has 0 amide bonds. The van der Waals surface area contributed by atoms with E-state index in [1.807, 2.05) is 19.1 Å². The van der Waals surface area contributed by atoms with Crippen LogP contribution in [0.3, 0.4) is 0 Å². The Balaban J connectivity index is 1.95. The molecule has 126 valence electrons. The molecule has 1 aromatic carbocycles. The quantitative estimate of drug-likeness (QED) is 0.345. The van der Waals surface area contributed by atoms with Crippen LogP contribution >= 0.6 is 0 Å². The summed E-state index contributed by atoms with van der Waals surface area (Å²) in [6, 6.07) is 8.69. The van der Waals surface area contributed by atoms with Crippen LogP contribution in [-0.2, 0) is 9.63 Å². The van der Waals surface area contributed by atoms with Gasteiger partial charge in [0.25, 0.3) is 0 Å². The van der Waals surface area contributed by atoms with Crippen molar-refractivity contribution in [3.8, 4) is 0 Å². The van der Waals surface area contributed by atoms with Crippen molar-refractivity contribution in [1.29, 1.82) is 0 Å². The fraction of sp³-hybridized carbons (Fsp3) is 0.150. The Morgan fingerprint density at radius 2 is 2.00 bits per heavy atom. The summed E-state index contributed by atoms with van der Waals surface area (Å²) < 4.78 is 13.8. The zero-order chi connectivity index (χ0) is 17.6. The van der Waals surface area contributed by atoms with E-state index in [-0.39, 0.29) is 5.82 Å². The number of rotatable bonds is 6. The van der Waals surface area contributed by atoms with E-state index in [1.165, 1.54) is 6.07 Å². The second-order valence-electron chi connectivity index (χ2n) is 5.61. The average molecular weight is 336 g/mol. The summed E-state index contributed by atoms with van der Waals surface area (Å²) in [5.74, 6) is -0.269. The Kier molecular flexibility index (Phi) is 5.14. The molecule has 0 bridgehead atoms. The molecule has 0 saturated carbocycles. The maximum atomic E-state index is 13.8. The molecule has 3 rings (SSSR count). The van der Waals surface area contributed by atoms with Crippen LogP contribution in [0.25, 0.3) is 17.2 Å². The van der Waals surface area contributed by atoms with Crippen LogP contribution in [0.5, 0.6) is 0 Å². The van der Waals surface area contributed by atoms with Crippen LogP contribution in [0.2, 0.25) is 0 Å². The third-order valence-electron chi connectivity index (χ3n) is 4.11. The monoisotopic (exact) mass is 336 g/mol. The average Bonchev–Trinajstić information content (AvgIpc) is 2.87. The van der Waals surface area contributed by atoms with Gasteiger partial charge in [-0.3, -0.25) is 9.78 Å². The zero-order valence-electron chi connectivity index (χ0n) is 13.8. The number of carbonyl (C=O) groups is 1. The molecular weight excluding hydrogens is 319 g/mol. The number of carbonyl (C=O) groups excluding carboxylic acids is 1. The van der Waals surface area contributed by atoms with Crippen molar-refractivity contribution < 1.29 is 14.0 Å². The number of halogens is 1. The highest BCUT2D eigenvalue weighted by Crippen LogP contribution is 2.43. The van der Waals surface area contributed by atoms with Crippen molar-refractivity contribution in [1.82, 2.24) is 4.98 Å². The first-order valence-electron chi connectivity index (χ1n) is 7.92. The van der Waals surface area contributed by atoms with E-state index in [2.05, 4.69) is 16.2 Å². The molecule has 0 spiro atoms. The van der Waals surface area contributed by atoms with Gasteiger partial charge in [-0.25, -0.2) is 4.39 Å². The van der Waals surface area contributed by atoms with E-state index in [1.54, 1.807) is 24.5 Å². The van der Waals surface area contributed by atoms with Gasteiger partial charge < -0.3 is 4.84 Å². The van der Waals surface area contributed by atoms with E-state index >= 15 is 0 Å². The maximum absolute atomic E-state index is 13.8. The third-order valence-corrected chi connectivity index (χ3v) is 4.11. The molecule has 1 aromatic heterocycles.